The summed E-state index contributed by atoms with van der Waals surface area (Å²) in [6, 6.07) is 0. The largest absolute Gasteiger partial charge is 0.373 e. The topological polar surface area (TPSA) is 66.5 Å². The molecule has 9 heteroatoms. The molecule has 2 heterocycles. The number of rotatable bonds is 7. The van der Waals surface area contributed by atoms with E-state index in [4.69, 9.17) is 4.74 Å². The Morgan fingerprint density at radius 1 is 1.38 bits per heavy atom. The average Bonchev–Trinajstić information content (AvgIpc) is 2.85. The lowest BCUT2D eigenvalue weighted by Crippen LogP contribution is -2.44. The smallest absolute Gasteiger partial charge is 0.226 e. The van der Waals surface area contributed by atoms with Gasteiger partial charge in [-0.05, 0) is 33.9 Å². The Labute approximate surface area is 160 Å². The fraction of sp³-hybridized carbons (Fsp3) is 0.733. The monoisotopic (exact) mass is 398 g/mol. The molecule has 0 aliphatic carbocycles. The molecule has 2 N–H and O–H groups in total. The van der Waals surface area contributed by atoms with E-state index < -0.39 is 0 Å². The number of nitrogens with one attached hydrogen (secondary N) is 2. The molecule has 1 aromatic heterocycles. The maximum Gasteiger partial charge on any atom is 0.226 e. The second kappa shape index (κ2) is 12.0. The molecule has 140 valence electrons. The molecular formula is C15H28Cl2N4O2S. The second-order valence-electron chi connectivity index (χ2n) is 5.85. The summed E-state index contributed by atoms with van der Waals surface area (Å²) in [5.41, 5.74) is 1.01. The van der Waals surface area contributed by atoms with Gasteiger partial charge in [0.2, 0.25) is 5.91 Å². The number of amides is 1. The number of hydrogen-bond acceptors (Lipinski definition) is 6. The fourth-order valence-corrected chi connectivity index (χ4v) is 3.40. The molecule has 1 aromatic rings. The zero-order valence-electron chi connectivity index (χ0n) is 14.4. The van der Waals surface area contributed by atoms with Crippen LogP contribution in [0.3, 0.4) is 0 Å². The highest BCUT2D eigenvalue weighted by molar-refractivity contribution is 7.13. The van der Waals surface area contributed by atoms with Crippen LogP contribution in [0, 0.1) is 0 Å². The fourth-order valence-electron chi connectivity index (χ4n) is 2.69. The Morgan fingerprint density at radius 3 is 2.67 bits per heavy atom. The summed E-state index contributed by atoms with van der Waals surface area (Å²) in [5.74, 6) is 0.0322. The first kappa shape index (κ1) is 23.6. The summed E-state index contributed by atoms with van der Waals surface area (Å²) in [4.78, 5) is 18.6. The lowest BCUT2D eigenvalue weighted by Gasteiger charge is -2.34. The van der Waals surface area contributed by atoms with Crippen LogP contribution >= 0.6 is 36.2 Å². The first-order valence-corrected chi connectivity index (χ1v) is 8.71. The zero-order chi connectivity index (χ0) is 15.9. The van der Waals surface area contributed by atoms with Gasteiger partial charge in [-0.2, -0.15) is 0 Å². The molecule has 2 rings (SSSR count). The third kappa shape index (κ3) is 8.09. The van der Waals surface area contributed by atoms with Crippen LogP contribution in [-0.2, 0) is 16.1 Å². The quantitative estimate of drug-likeness (QED) is 0.690. The van der Waals surface area contributed by atoms with Crippen molar-refractivity contribution in [1.82, 2.24) is 15.2 Å². The number of thiazole rings is 1. The SMILES string of the molecule is CNCCCC(=O)Nc1nc(CN2CC(C)OC(C)C2)cs1.Cl.Cl. The number of carbonyl (C=O) groups is 1. The van der Waals surface area contributed by atoms with E-state index in [-0.39, 0.29) is 42.9 Å². The van der Waals surface area contributed by atoms with Crippen molar-refractivity contribution >= 4 is 47.2 Å². The molecule has 0 radical (unpaired) electrons. The predicted octanol–water partition coefficient (Wildman–Crippen LogP) is 2.53. The first-order valence-electron chi connectivity index (χ1n) is 7.83. The van der Waals surface area contributed by atoms with Crippen LogP contribution in [0.25, 0.3) is 0 Å². The molecule has 2 atom stereocenters. The van der Waals surface area contributed by atoms with E-state index in [0.29, 0.717) is 11.6 Å². The van der Waals surface area contributed by atoms with E-state index in [9.17, 15) is 4.79 Å². The Morgan fingerprint density at radius 2 is 2.04 bits per heavy atom. The highest BCUT2D eigenvalue weighted by Crippen LogP contribution is 2.19. The van der Waals surface area contributed by atoms with Crippen molar-refractivity contribution in [2.45, 2.75) is 45.4 Å². The van der Waals surface area contributed by atoms with E-state index in [1.54, 1.807) is 0 Å². The molecule has 1 aliphatic rings. The van der Waals surface area contributed by atoms with E-state index in [1.807, 2.05) is 12.4 Å². The highest BCUT2D eigenvalue weighted by Gasteiger charge is 2.22. The van der Waals surface area contributed by atoms with Crippen molar-refractivity contribution in [3.05, 3.63) is 11.1 Å². The molecule has 1 aliphatic heterocycles. The van der Waals surface area contributed by atoms with Crippen molar-refractivity contribution in [1.29, 1.82) is 0 Å². The molecule has 6 nitrogen and oxygen atoms in total. The van der Waals surface area contributed by atoms with Gasteiger partial charge in [0.25, 0.3) is 0 Å². The van der Waals surface area contributed by atoms with Gasteiger partial charge in [-0.25, -0.2) is 4.98 Å². The number of hydrogen-bond donors (Lipinski definition) is 2. The van der Waals surface area contributed by atoms with Crippen molar-refractivity contribution in [3.63, 3.8) is 0 Å². The van der Waals surface area contributed by atoms with Gasteiger partial charge in [-0.15, -0.1) is 36.2 Å². The molecule has 1 fully saturated rings. The van der Waals surface area contributed by atoms with Gasteiger partial charge in [0.15, 0.2) is 5.13 Å². The Hall–Kier alpha value is -0.440. The predicted molar refractivity (Wildman–Crippen MR) is 104 cm³/mol. The lowest BCUT2D eigenvalue weighted by atomic mass is 10.2. The molecule has 0 saturated carbocycles. The molecule has 24 heavy (non-hydrogen) atoms. The van der Waals surface area contributed by atoms with Crippen LogP contribution in [0.5, 0.6) is 0 Å². The third-order valence-corrected chi connectivity index (χ3v) is 4.32. The Kier molecular flexibility index (Phi) is 11.8. The van der Waals surface area contributed by atoms with Crippen molar-refractivity contribution < 1.29 is 9.53 Å². The Balaban J connectivity index is 0.00000264. The lowest BCUT2D eigenvalue weighted by molar-refractivity contribution is -0.116. The van der Waals surface area contributed by atoms with Crippen LogP contribution in [0.15, 0.2) is 5.38 Å². The van der Waals surface area contributed by atoms with Crippen LogP contribution in [0.4, 0.5) is 5.13 Å². The molecule has 0 spiro atoms. The zero-order valence-corrected chi connectivity index (χ0v) is 16.9. The minimum atomic E-state index is 0. The molecule has 1 amide bonds. The maximum absolute atomic E-state index is 11.8. The number of morpholine rings is 1. The normalized spacial score (nSPS) is 20.8. The van der Waals surface area contributed by atoms with Gasteiger partial charge < -0.3 is 15.4 Å². The van der Waals surface area contributed by atoms with Crippen LogP contribution < -0.4 is 10.6 Å². The van der Waals surface area contributed by atoms with Crippen LogP contribution in [-0.4, -0.2) is 54.7 Å². The molecule has 2 unspecified atom stereocenters. The minimum absolute atomic E-state index is 0. The van der Waals surface area contributed by atoms with Crippen molar-refractivity contribution in [3.8, 4) is 0 Å². The van der Waals surface area contributed by atoms with Crippen molar-refractivity contribution in [2.24, 2.45) is 0 Å². The minimum Gasteiger partial charge on any atom is -0.373 e. The number of halogens is 2. The van der Waals surface area contributed by atoms with Gasteiger partial charge >= 0.3 is 0 Å². The van der Waals surface area contributed by atoms with Gasteiger partial charge in [-0.3, -0.25) is 9.69 Å². The van der Waals surface area contributed by atoms with E-state index in [0.717, 1.165) is 38.3 Å². The standard InChI is InChI=1S/C15H26N4O2S.2ClH/c1-11-7-19(8-12(2)21-11)9-13-10-22-15(17-13)18-14(20)5-4-6-16-3;;/h10-12,16H,4-9H2,1-3H3,(H,17,18,20);2*1H. The maximum atomic E-state index is 11.8. The van der Waals surface area contributed by atoms with Gasteiger partial charge in [-0.1, -0.05) is 0 Å². The van der Waals surface area contributed by atoms with E-state index in [1.165, 1.54) is 11.3 Å². The summed E-state index contributed by atoms with van der Waals surface area (Å²) in [6.45, 7) is 7.70. The molecule has 0 bridgehead atoms. The van der Waals surface area contributed by atoms with Gasteiger partial charge in [0.05, 0.1) is 17.9 Å². The number of ether oxygens (including phenoxy) is 1. The summed E-state index contributed by atoms with van der Waals surface area (Å²) < 4.78 is 5.74. The molecular weight excluding hydrogens is 371 g/mol. The summed E-state index contributed by atoms with van der Waals surface area (Å²) in [5, 5.41) is 8.62. The number of carbonyl (C=O) groups excluding carboxylic acids is 1. The second-order valence-corrected chi connectivity index (χ2v) is 6.71. The third-order valence-electron chi connectivity index (χ3n) is 3.51. The number of nitrogens with zero attached hydrogens (tertiary/aromatic N) is 2. The molecule has 1 saturated heterocycles. The van der Waals surface area contributed by atoms with Crippen LogP contribution in [0.2, 0.25) is 0 Å². The highest BCUT2D eigenvalue weighted by atomic mass is 35.5. The molecule has 0 aromatic carbocycles. The average molecular weight is 399 g/mol. The van der Waals surface area contributed by atoms with Gasteiger partial charge in [0, 0.05) is 31.4 Å². The Bertz CT molecular complexity index is 480. The van der Waals surface area contributed by atoms with E-state index >= 15 is 0 Å². The van der Waals surface area contributed by atoms with Gasteiger partial charge in [0.1, 0.15) is 0 Å². The summed E-state index contributed by atoms with van der Waals surface area (Å²) >= 11 is 1.49. The number of anilines is 1. The van der Waals surface area contributed by atoms with Crippen molar-refractivity contribution in [2.75, 3.05) is 32.0 Å². The summed E-state index contributed by atoms with van der Waals surface area (Å²) in [6.07, 6.45) is 1.88. The number of aromatic nitrogens is 1. The first-order chi connectivity index (χ1) is 10.6. The van der Waals surface area contributed by atoms with Crippen LogP contribution in [0.1, 0.15) is 32.4 Å². The van der Waals surface area contributed by atoms with E-state index in [2.05, 4.69) is 34.4 Å². The summed E-state index contributed by atoms with van der Waals surface area (Å²) in [7, 11) is 1.89.